The average Bonchev–Trinajstić information content (AvgIpc) is 3.19. The Morgan fingerprint density at radius 1 is 0.905 bits per heavy atom. The number of rotatable bonds is 6. The van der Waals surface area contributed by atoms with Gasteiger partial charge in [-0.25, -0.2) is 0 Å². The van der Waals surface area contributed by atoms with Gasteiger partial charge in [0.2, 0.25) is 0 Å². The first-order valence-electron chi connectivity index (χ1n) is 9.51. The molecular weight excluding hydrogens is 258 g/mol. The summed E-state index contributed by atoms with van der Waals surface area (Å²) >= 11 is 0. The van der Waals surface area contributed by atoms with Crippen molar-refractivity contribution >= 4 is 0 Å². The second kappa shape index (κ2) is 7.94. The smallest absolute Gasteiger partial charge is 0.0192 e. The van der Waals surface area contributed by atoms with Crippen molar-refractivity contribution in [1.82, 2.24) is 15.1 Å². The summed E-state index contributed by atoms with van der Waals surface area (Å²) in [5.74, 6) is 0.967. The fraction of sp³-hybridized carbons (Fsp3) is 1.00. The van der Waals surface area contributed by atoms with E-state index in [1.165, 1.54) is 90.6 Å². The molecule has 0 bridgehead atoms. The number of nitrogens with one attached hydrogen (secondary N) is 1. The van der Waals surface area contributed by atoms with Crippen LogP contribution in [0.3, 0.4) is 0 Å². The van der Waals surface area contributed by atoms with E-state index >= 15 is 0 Å². The van der Waals surface area contributed by atoms with E-state index < -0.39 is 0 Å². The van der Waals surface area contributed by atoms with Crippen LogP contribution in [0.4, 0.5) is 0 Å². The lowest BCUT2D eigenvalue weighted by Crippen LogP contribution is -2.47. The lowest BCUT2D eigenvalue weighted by Gasteiger charge is -2.37. The van der Waals surface area contributed by atoms with Crippen LogP contribution >= 0.6 is 0 Å². The molecule has 122 valence electrons. The van der Waals surface area contributed by atoms with Gasteiger partial charge in [-0.05, 0) is 77.5 Å². The van der Waals surface area contributed by atoms with Gasteiger partial charge in [-0.2, -0.15) is 0 Å². The average molecular weight is 293 g/mol. The second-order valence-electron chi connectivity index (χ2n) is 7.73. The van der Waals surface area contributed by atoms with Gasteiger partial charge in [0.15, 0.2) is 0 Å². The molecule has 2 aliphatic heterocycles. The summed E-state index contributed by atoms with van der Waals surface area (Å²) in [4.78, 5) is 5.42. The van der Waals surface area contributed by atoms with Crippen molar-refractivity contribution in [2.75, 3.05) is 39.3 Å². The summed E-state index contributed by atoms with van der Waals surface area (Å²) in [6.07, 6.45) is 11.4. The fourth-order valence-electron chi connectivity index (χ4n) is 4.50. The molecule has 0 spiro atoms. The second-order valence-corrected chi connectivity index (χ2v) is 7.73. The van der Waals surface area contributed by atoms with Gasteiger partial charge in [0.25, 0.3) is 0 Å². The predicted molar refractivity (Wildman–Crippen MR) is 89.7 cm³/mol. The van der Waals surface area contributed by atoms with E-state index in [1.807, 2.05) is 0 Å². The van der Waals surface area contributed by atoms with E-state index in [0.717, 1.165) is 18.0 Å². The van der Waals surface area contributed by atoms with E-state index in [0.29, 0.717) is 0 Å². The van der Waals surface area contributed by atoms with Gasteiger partial charge in [0, 0.05) is 25.2 Å². The van der Waals surface area contributed by atoms with Crippen LogP contribution in [-0.4, -0.2) is 61.2 Å². The molecule has 0 amide bonds. The molecule has 1 saturated carbocycles. The molecule has 0 aromatic heterocycles. The van der Waals surface area contributed by atoms with E-state index in [-0.39, 0.29) is 0 Å². The molecule has 3 heteroatoms. The van der Waals surface area contributed by atoms with Crippen LogP contribution in [0.5, 0.6) is 0 Å². The maximum Gasteiger partial charge on any atom is 0.0192 e. The summed E-state index contributed by atoms with van der Waals surface area (Å²) in [6.45, 7) is 10.4. The van der Waals surface area contributed by atoms with Gasteiger partial charge in [-0.1, -0.05) is 12.8 Å². The van der Waals surface area contributed by atoms with Crippen LogP contribution in [0.2, 0.25) is 0 Å². The van der Waals surface area contributed by atoms with Gasteiger partial charge in [-0.3, -0.25) is 4.90 Å². The number of hydrogen-bond acceptors (Lipinski definition) is 3. The predicted octanol–water partition coefficient (Wildman–Crippen LogP) is 2.71. The largest absolute Gasteiger partial charge is 0.312 e. The molecule has 2 heterocycles. The molecule has 2 saturated heterocycles. The highest BCUT2D eigenvalue weighted by molar-refractivity contribution is 4.82. The lowest BCUT2D eigenvalue weighted by molar-refractivity contribution is 0.119. The summed E-state index contributed by atoms with van der Waals surface area (Å²) in [5, 5.41) is 3.80. The van der Waals surface area contributed by atoms with E-state index in [9.17, 15) is 0 Å². The molecule has 3 fully saturated rings. The summed E-state index contributed by atoms with van der Waals surface area (Å²) in [7, 11) is 0. The Morgan fingerprint density at radius 2 is 1.57 bits per heavy atom. The van der Waals surface area contributed by atoms with Crippen molar-refractivity contribution in [3.63, 3.8) is 0 Å². The summed E-state index contributed by atoms with van der Waals surface area (Å²) in [6, 6.07) is 1.54. The Bertz CT molecular complexity index is 287. The Kier molecular flexibility index (Phi) is 5.96. The Balaban J connectivity index is 1.32. The van der Waals surface area contributed by atoms with E-state index in [2.05, 4.69) is 22.0 Å². The van der Waals surface area contributed by atoms with Crippen LogP contribution in [0, 0.1) is 5.92 Å². The molecule has 0 aromatic carbocycles. The highest BCUT2D eigenvalue weighted by Gasteiger charge is 2.25. The monoisotopic (exact) mass is 293 g/mol. The van der Waals surface area contributed by atoms with Gasteiger partial charge >= 0.3 is 0 Å². The van der Waals surface area contributed by atoms with E-state index in [4.69, 9.17) is 0 Å². The third kappa shape index (κ3) is 4.67. The van der Waals surface area contributed by atoms with Crippen molar-refractivity contribution in [2.45, 2.75) is 70.4 Å². The zero-order valence-corrected chi connectivity index (χ0v) is 14.0. The van der Waals surface area contributed by atoms with Crippen molar-refractivity contribution in [3.8, 4) is 0 Å². The van der Waals surface area contributed by atoms with Crippen molar-refractivity contribution < 1.29 is 0 Å². The number of likely N-dealkylation sites (tertiary alicyclic amines) is 2. The first-order chi connectivity index (χ1) is 10.3. The molecule has 1 atom stereocenters. The first kappa shape index (κ1) is 15.8. The molecule has 3 nitrogen and oxygen atoms in total. The molecule has 21 heavy (non-hydrogen) atoms. The Morgan fingerprint density at radius 3 is 2.24 bits per heavy atom. The highest BCUT2D eigenvalue weighted by Crippen LogP contribution is 2.22. The number of piperidine rings is 1. The first-order valence-corrected chi connectivity index (χ1v) is 9.51. The minimum absolute atomic E-state index is 0.721. The molecule has 1 unspecified atom stereocenters. The quantitative estimate of drug-likeness (QED) is 0.812. The van der Waals surface area contributed by atoms with Gasteiger partial charge in [0.05, 0.1) is 0 Å². The van der Waals surface area contributed by atoms with Crippen molar-refractivity contribution in [1.29, 1.82) is 0 Å². The molecule has 1 aliphatic carbocycles. The van der Waals surface area contributed by atoms with Crippen molar-refractivity contribution in [3.05, 3.63) is 0 Å². The SMILES string of the molecule is CC(CNC1CCCC1)N1CCC(CN2CCCC2)CC1. The molecule has 1 N–H and O–H groups in total. The summed E-state index contributed by atoms with van der Waals surface area (Å²) < 4.78 is 0. The zero-order valence-electron chi connectivity index (χ0n) is 14.0. The summed E-state index contributed by atoms with van der Waals surface area (Å²) in [5.41, 5.74) is 0. The third-order valence-electron chi connectivity index (χ3n) is 6.04. The minimum Gasteiger partial charge on any atom is -0.312 e. The van der Waals surface area contributed by atoms with Gasteiger partial charge in [0.1, 0.15) is 0 Å². The Hall–Kier alpha value is -0.120. The Labute approximate surface area is 131 Å². The third-order valence-corrected chi connectivity index (χ3v) is 6.04. The lowest BCUT2D eigenvalue weighted by atomic mass is 9.95. The maximum absolute atomic E-state index is 3.80. The number of hydrogen-bond donors (Lipinski definition) is 1. The zero-order chi connectivity index (χ0) is 14.5. The molecule has 0 aromatic rings. The molecule has 3 rings (SSSR count). The standard InChI is InChI=1S/C18H35N3/c1-16(14-19-18-6-2-3-7-18)21-12-8-17(9-13-21)15-20-10-4-5-11-20/h16-19H,2-15H2,1H3. The molecule has 3 aliphatic rings. The minimum atomic E-state index is 0.721. The normalized spacial score (nSPS) is 28.4. The topological polar surface area (TPSA) is 18.5 Å². The van der Waals surface area contributed by atoms with Crippen LogP contribution in [0.15, 0.2) is 0 Å². The fourth-order valence-corrected chi connectivity index (χ4v) is 4.50. The maximum atomic E-state index is 3.80. The van der Waals surface area contributed by atoms with E-state index in [1.54, 1.807) is 0 Å². The van der Waals surface area contributed by atoms with Crippen LogP contribution in [0.25, 0.3) is 0 Å². The number of nitrogens with zero attached hydrogens (tertiary/aromatic N) is 2. The molecular formula is C18H35N3. The van der Waals surface area contributed by atoms with Crippen LogP contribution in [-0.2, 0) is 0 Å². The van der Waals surface area contributed by atoms with Crippen LogP contribution < -0.4 is 5.32 Å². The van der Waals surface area contributed by atoms with Gasteiger partial charge in [-0.15, -0.1) is 0 Å². The van der Waals surface area contributed by atoms with Crippen LogP contribution in [0.1, 0.15) is 58.3 Å². The van der Waals surface area contributed by atoms with Gasteiger partial charge < -0.3 is 10.2 Å². The highest BCUT2D eigenvalue weighted by atomic mass is 15.2. The van der Waals surface area contributed by atoms with Crippen molar-refractivity contribution in [2.24, 2.45) is 5.92 Å². The molecule has 0 radical (unpaired) electrons.